The number of pyridine rings is 1. The smallest absolute Gasteiger partial charge is 0.316 e. The van der Waals surface area contributed by atoms with Crippen LogP contribution in [0.4, 0.5) is 0 Å². The van der Waals surface area contributed by atoms with Crippen LogP contribution in [0.5, 0.6) is 0 Å². The normalized spacial score (nSPS) is 11.7. The Labute approximate surface area is 117 Å². The van der Waals surface area contributed by atoms with Crippen molar-refractivity contribution < 1.29 is 14.3 Å². The van der Waals surface area contributed by atoms with Gasteiger partial charge < -0.3 is 4.74 Å². The molecule has 0 aliphatic rings. The van der Waals surface area contributed by atoms with E-state index in [1.807, 2.05) is 30.3 Å². The van der Waals surface area contributed by atoms with Crippen LogP contribution in [0.15, 0.2) is 54.9 Å². The van der Waals surface area contributed by atoms with E-state index < -0.39 is 11.9 Å². The molecule has 1 unspecified atom stereocenters. The molecule has 20 heavy (non-hydrogen) atoms. The minimum Gasteiger partial charge on any atom is -0.468 e. The standard InChI is InChI=1S/C16H15NO3/c1-20-16(19)14(10-12-6-3-2-4-7-12)15(18)13-8-5-9-17-11-13/h2-9,11,14H,10H2,1H3. The largest absolute Gasteiger partial charge is 0.468 e. The summed E-state index contributed by atoms with van der Waals surface area (Å²) in [7, 11) is 1.29. The number of Topliss-reactive ketones (excluding diaryl/α,β-unsaturated/α-hetero) is 1. The SMILES string of the molecule is COC(=O)C(Cc1ccccc1)C(=O)c1cccnc1. The van der Waals surface area contributed by atoms with Gasteiger partial charge in [0.15, 0.2) is 5.78 Å². The molecule has 1 heterocycles. The van der Waals surface area contributed by atoms with Crippen molar-refractivity contribution in [2.75, 3.05) is 7.11 Å². The van der Waals surface area contributed by atoms with E-state index in [9.17, 15) is 9.59 Å². The van der Waals surface area contributed by atoms with E-state index in [1.54, 1.807) is 18.3 Å². The summed E-state index contributed by atoms with van der Waals surface area (Å²) in [5.41, 5.74) is 1.33. The summed E-state index contributed by atoms with van der Waals surface area (Å²) in [6.45, 7) is 0. The Balaban J connectivity index is 2.24. The van der Waals surface area contributed by atoms with Crippen molar-refractivity contribution >= 4 is 11.8 Å². The van der Waals surface area contributed by atoms with E-state index in [0.717, 1.165) is 5.56 Å². The molecule has 0 radical (unpaired) electrons. The van der Waals surface area contributed by atoms with Gasteiger partial charge in [0.05, 0.1) is 7.11 Å². The number of carbonyl (C=O) groups excluding carboxylic acids is 2. The molecular formula is C16H15NO3. The van der Waals surface area contributed by atoms with Gasteiger partial charge in [-0.3, -0.25) is 14.6 Å². The Bertz CT molecular complexity index is 581. The maximum atomic E-state index is 12.4. The van der Waals surface area contributed by atoms with Crippen molar-refractivity contribution in [3.8, 4) is 0 Å². The van der Waals surface area contributed by atoms with Crippen LogP contribution in [0.1, 0.15) is 15.9 Å². The van der Waals surface area contributed by atoms with Gasteiger partial charge in [0.1, 0.15) is 5.92 Å². The Hall–Kier alpha value is -2.49. The molecule has 1 aromatic carbocycles. The number of ether oxygens (including phenoxy) is 1. The number of nitrogens with zero attached hydrogens (tertiary/aromatic N) is 1. The van der Waals surface area contributed by atoms with E-state index in [1.165, 1.54) is 13.3 Å². The summed E-state index contributed by atoms with van der Waals surface area (Å²) < 4.78 is 4.75. The first kappa shape index (κ1) is 13.9. The van der Waals surface area contributed by atoms with Crippen molar-refractivity contribution in [1.29, 1.82) is 0 Å². The molecule has 102 valence electrons. The highest BCUT2D eigenvalue weighted by molar-refractivity contribution is 6.08. The summed E-state index contributed by atoms with van der Waals surface area (Å²) in [4.78, 5) is 28.2. The van der Waals surface area contributed by atoms with Crippen LogP contribution in [0.3, 0.4) is 0 Å². The average molecular weight is 269 g/mol. The molecule has 0 fully saturated rings. The van der Waals surface area contributed by atoms with Gasteiger partial charge in [-0.25, -0.2) is 0 Å². The molecule has 1 aromatic heterocycles. The number of esters is 1. The highest BCUT2D eigenvalue weighted by Gasteiger charge is 2.28. The van der Waals surface area contributed by atoms with Crippen LogP contribution in [0.25, 0.3) is 0 Å². The van der Waals surface area contributed by atoms with Gasteiger partial charge in [-0.2, -0.15) is 0 Å². The van der Waals surface area contributed by atoms with Crippen LogP contribution in [0.2, 0.25) is 0 Å². The summed E-state index contributed by atoms with van der Waals surface area (Å²) >= 11 is 0. The summed E-state index contributed by atoms with van der Waals surface area (Å²) in [6, 6.07) is 12.7. The minimum absolute atomic E-state index is 0.270. The van der Waals surface area contributed by atoms with Crippen LogP contribution >= 0.6 is 0 Å². The Morgan fingerprint density at radius 2 is 1.90 bits per heavy atom. The molecule has 0 aliphatic heterocycles. The zero-order chi connectivity index (χ0) is 14.4. The summed E-state index contributed by atoms with van der Waals surface area (Å²) in [5.74, 6) is -1.64. The van der Waals surface area contributed by atoms with Gasteiger partial charge in [0.2, 0.25) is 0 Å². The van der Waals surface area contributed by atoms with Crippen molar-refractivity contribution in [3.63, 3.8) is 0 Å². The fraction of sp³-hybridized carbons (Fsp3) is 0.188. The lowest BCUT2D eigenvalue weighted by Gasteiger charge is -2.13. The first-order chi connectivity index (χ1) is 9.72. The minimum atomic E-state index is -0.841. The van der Waals surface area contributed by atoms with Crippen LogP contribution < -0.4 is 0 Å². The molecule has 0 spiro atoms. The predicted molar refractivity (Wildman–Crippen MR) is 74.2 cm³/mol. The molecule has 4 nitrogen and oxygen atoms in total. The number of methoxy groups -OCH3 is 1. The maximum Gasteiger partial charge on any atom is 0.316 e. The monoisotopic (exact) mass is 269 g/mol. The number of carbonyl (C=O) groups is 2. The van der Waals surface area contributed by atoms with Crippen LogP contribution in [-0.4, -0.2) is 23.8 Å². The van der Waals surface area contributed by atoms with Crippen molar-refractivity contribution in [3.05, 3.63) is 66.0 Å². The second-order valence-corrected chi connectivity index (χ2v) is 4.37. The first-order valence-electron chi connectivity index (χ1n) is 6.28. The van der Waals surface area contributed by atoms with Gasteiger partial charge >= 0.3 is 5.97 Å². The maximum absolute atomic E-state index is 12.4. The lowest BCUT2D eigenvalue weighted by Crippen LogP contribution is -2.27. The van der Waals surface area contributed by atoms with E-state index in [4.69, 9.17) is 4.74 Å². The zero-order valence-corrected chi connectivity index (χ0v) is 11.2. The third-order valence-corrected chi connectivity index (χ3v) is 3.03. The summed E-state index contributed by atoms with van der Waals surface area (Å²) in [6.07, 6.45) is 3.37. The van der Waals surface area contributed by atoms with E-state index in [0.29, 0.717) is 12.0 Å². The van der Waals surface area contributed by atoms with E-state index in [2.05, 4.69) is 4.98 Å². The molecule has 0 amide bonds. The molecule has 0 N–H and O–H groups in total. The summed E-state index contributed by atoms with van der Waals surface area (Å²) in [5, 5.41) is 0. The number of ketones is 1. The molecule has 0 saturated carbocycles. The Morgan fingerprint density at radius 3 is 2.50 bits per heavy atom. The lowest BCUT2D eigenvalue weighted by molar-refractivity contribution is -0.143. The number of rotatable bonds is 5. The molecule has 2 rings (SSSR count). The number of aromatic nitrogens is 1. The van der Waals surface area contributed by atoms with Gasteiger partial charge in [-0.05, 0) is 24.1 Å². The van der Waals surface area contributed by atoms with Crippen LogP contribution in [-0.2, 0) is 16.0 Å². The van der Waals surface area contributed by atoms with Gasteiger partial charge in [-0.1, -0.05) is 30.3 Å². The first-order valence-corrected chi connectivity index (χ1v) is 6.28. The van der Waals surface area contributed by atoms with Crippen LogP contribution in [0, 0.1) is 5.92 Å². The zero-order valence-electron chi connectivity index (χ0n) is 11.2. The molecular weight excluding hydrogens is 254 g/mol. The van der Waals surface area contributed by atoms with Gasteiger partial charge in [-0.15, -0.1) is 0 Å². The fourth-order valence-corrected chi connectivity index (χ4v) is 1.98. The van der Waals surface area contributed by atoms with Gasteiger partial charge in [0.25, 0.3) is 0 Å². The van der Waals surface area contributed by atoms with Gasteiger partial charge in [0, 0.05) is 18.0 Å². The molecule has 0 saturated heterocycles. The highest BCUT2D eigenvalue weighted by Crippen LogP contribution is 2.16. The molecule has 4 heteroatoms. The third kappa shape index (κ3) is 3.29. The van der Waals surface area contributed by atoms with E-state index >= 15 is 0 Å². The molecule has 2 aromatic rings. The number of hydrogen-bond donors (Lipinski definition) is 0. The van der Waals surface area contributed by atoms with Crippen molar-refractivity contribution in [2.45, 2.75) is 6.42 Å². The predicted octanol–water partition coefficient (Wildman–Crippen LogP) is 2.30. The Kier molecular flexibility index (Phi) is 4.60. The third-order valence-electron chi connectivity index (χ3n) is 3.03. The van der Waals surface area contributed by atoms with Crippen molar-refractivity contribution in [1.82, 2.24) is 4.98 Å². The fourth-order valence-electron chi connectivity index (χ4n) is 1.98. The second-order valence-electron chi connectivity index (χ2n) is 4.37. The highest BCUT2D eigenvalue weighted by atomic mass is 16.5. The number of benzene rings is 1. The molecule has 0 aliphatic carbocycles. The molecule has 0 bridgehead atoms. The lowest BCUT2D eigenvalue weighted by atomic mass is 9.92. The molecule has 1 atom stereocenters. The topological polar surface area (TPSA) is 56.3 Å². The van der Waals surface area contributed by atoms with E-state index in [-0.39, 0.29) is 5.78 Å². The quantitative estimate of drug-likeness (QED) is 0.475. The van der Waals surface area contributed by atoms with Crippen molar-refractivity contribution in [2.24, 2.45) is 5.92 Å². The number of hydrogen-bond acceptors (Lipinski definition) is 4. The Morgan fingerprint density at radius 1 is 1.15 bits per heavy atom. The second kappa shape index (κ2) is 6.61. The average Bonchev–Trinajstić information content (AvgIpc) is 2.53.